The van der Waals surface area contributed by atoms with Crippen molar-refractivity contribution in [1.82, 2.24) is 5.43 Å². The number of amides is 1. The van der Waals surface area contributed by atoms with Crippen LogP contribution in [0.5, 0.6) is 11.5 Å². The lowest BCUT2D eigenvalue weighted by Gasteiger charge is -2.07. The minimum absolute atomic E-state index is 0.129. The van der Waals surface area contributed by atoms with Crippen molar-refractivity contribution >= 4 is 34.0 Å². The molecule has 0 unspecified atom stereocenters. The number of carbonyl (C=O) groups excluding carboxylic acids is 1. The largest absolute Gasteiger partial charge is 0.497 e. The number of nitrogens with one attached hydrogen (secondary N) is 1. The number of hydrogen-bond acceptors (Lipinski definition) is 4. The molecule has 0 heterocycles. The maximum absolute atomic E-state index is 11.9. The highest BCUT2D eigenvalue weighted by Gasteiger charge is 2.05. The third kappa shape index (κ3) is 4.99. The van der Waals surface area contributed by atoms with Gasteiger partial charge in [-0.2, -0.15) is 5.10 Å². The summed E-state index contributed by atoms with van der Waals surface area (Å²) in [7, 11) is 1.64. The molecular formula is C21H19ClN2O3. The Hall–Kier alpha value is -3.05. The van der Waals surface area contributed by atoms with Crippen molar-refractivity contribution < 1.29 is 14.3 Å². The van der Waals surface area contributed by atoms with E-state index in [1.165, 1.54) is 0 Å². The van der Waals surface area contributed by atoms with Gasteiger partial charge in [0.05, 0.1) is 12.8 Å². The van der Waals surface area contributed by atoms with Gasteiger partial charge in [-0.05, 0) is 65.7 Å². The number of ether oxygens (including phenoxy) is 2. The lowest BCUT2D eigenvalue weighted by atomic mass is 10.0. The number of hydrazone groups is 1. The van der Waals surface area contributed by atoms with E-state index in [-0.39, 0.29) is 12.5 Å². The summed E-state index contributed by atoms with van der Waals surface area (Å²) in [4.78, 5) is 11.9. The molecule has 0 saturated heterocycles. The van der Waals surface area contributed by atoms with Gasteiger partial charge in [0.1, 0.15) is 11.5 Å². The molecule has 3 rings (SSSR count). The van der Waals surface area contributed by atoms with Crippen molar-refractivity contribution in [3.63, 3.8) is 0 Å². The SMILES string of the molecule is COc1ccc2cc(C(C)=NNC(=O)COc3ccc(Cl)cc3)ccc2c1. The molecule has 3 aromatic rings. The van der Waals surface area contributed by atoms with Gasteiger partial charge in [0.25, 0.3) is 5.91 Å². The summed E-state index contributed by atoms with van der Waals surface area (Å²) in [5, 5.41) is 6.91. The Morgan fingerprint density at radius 1 is 1.00 bits per heavy atom. The van der Waals surface area contributed by atoms with E-state index < -0.39 is 0 Å². The first-order valence-electron chi connectivity index (χ1n) is 8.35. The van der Waals surface area contributed by atoms with Crippen molar-refractivity contribution in [1.29, 1.82) is 0 Å². The fourth-order valence-electron chi connectivity index (χ4n) is 2.50. The molecular weight excluding hydrogens is 364 g/mol. The van der Waals surface area contributed by atoms with Gasteiger partial charge in [0.2, 0.25) is 0 Å². The van der Waals surface area contributed by atoms with Crippen LogP contribution in [0.2, 0.25) is 5.02 Å². The molecule has 3 aromatic carbocycles. The van der Waals surface area contributed by atoms with E-state index in [4.69, 9.17) is 21.1 Å². The molecule has 0 atom stereocenters. The number of rotatable bonds is 6. The van der Waals surface area contributed by atoms with Gasteiger partial charge in [-0.15, -0.1) is 0 Å². The molecule has 6 heteroatoms. The van der Waals surface area contributed by atoms with Crippen LogP contribution in [0.1, 0.15) is 12.5 Å². The van der Waals surface area contributed by atoms with E-state index in [1.807, 2.05) is 43.3 Å². The number of carbonyl (C=O) groups is 1. The highest BCUT2D eigenvalue weighted by molar-refractivity contribution is 6.30. The Morgan fingerprint density at radius 2 is 1.67 bits per heavy atom. The first kappa shape index (κ1) is 18.7. The van der Waals surface area contributed by atoms with Crippen molar-refractivity contribution in [3.8, 4) is 11.5 Å². The minimum Gasteiger partial charge on any atom is -0.497 e. The molecule has 5 nitrogen and oxygen atoms in total. The predicted octanol–water partition coefficient (Wildman–Crippen LogP) is 4.42. The van der Waals surface area contributed by atoms with Crippen LogP contribution in [0.15, 0.2) is 65.8 Å². The maximum Gasteiger partial charge on any atom is 0.277 e. The maximum atomic E-state index is 11.9. The first-order valence-corrected chi connectivity index (χ1v) is 8.72. The molecule has 0 spiro atoms. The molecule has 0 bridgehead atoms. The molecule has 0 aromatic heterocycles. The van der Waals surface area contributed by atoms with Gasteiger partial charge in [-0.3, -0.25) is 4.79 Å². The Kier molecular flexibility index (Phi) is 5.94. The summed E-state index contributed by atoms with van der Waals surface area (Å²) >= 11 is 5.81. The fourth-order valence-corrected chi connectivity index (χ4v) is 2.62. The zero-order valence-corrected chi connectivity index (χ0v) is 15.8. The molecule has 0 radical (unpaired) electrons. The van der Waals surface area contributed by atoms with Crippen LogP contribution in [-0.4, -0.2) is 25.3 Å². The number of benzene rings is 3. The van der Waals surface area contributed by atoms with Gasteiger partial charge < -0.3 is 9.47 Å². The van der Waals surface area contributed by atoms with E-state index >= 15 is 0 Å². The van der Waals surface area contributed by atoms with Crippen LogP contribution in [-0.2, 0) is 4.79 Å². The summed E-state index contributed by atoms with van der Waals surface area (Å²) in [6.07, 6.45) is 0. The second kappa shape index (κ2) is 8.56. The smallest absolute Gasteiger partial charge is 0.277 e. The van der Waals surface area contributed by atoms with Gasteiger partial charge in [0.15, 0.2) is 6.61 Å². The van der Waals surface area contributed by atoms with Crippen LogP contribution < -0.4 is 14.9 Å². The molecule has 1 amide bonds. The summed E-state index contributed by atoms with van der Waals surface area (Å²) in [6.45, 7) is 1.71. The highest BCUT2D eigenvalue weighted by atomic mass is 35.5. The molecule has 1 N–H and O–H groups in total. The highest BCUT2D eigenvalue weighted by Crippen LogP contribution is 2.22. The van der Waals surface area contributed by atoms with Crippen molar-refractivity contribution in [2.75, 3.05) is 13.7 Å². The molecule has 138 valence electrons. The lowest BCUT2D eigenvalue weighted by molar-refractivity contribution is -0.123. The van der Waals surface area contributed by atoms with Crippen molar-refractivity contribution in [2.24, 2.45) is 5.10 Å². The van der Waals surface area contributed by atoms with Crippen LogP contribution in [0.3, 0.4) is 0 Å². The number of fused-ring (bicyclic) bond motifs is 1. The lowest BCUT2D eigenvalue weighted by Crippen LogP contribution is -2.25. The zero-order valence-electron chi connectivity index (χ0n) is 15.0. The normalized spacial score (nSPS) is 11.3. The van der Waals surface area contributed by atoms with Gasteiger partial charge >= 0.3 is 0 Å². The van der Waals surface area contributed by atoms with Crippen molar-refractivity contribution in [3.05, 3.63) is 71.2 Å². The average molecular weight is 383 g/mol. The van der Waals surface area contributed by atoms with Gasteiger partial charge in [-0.25, -0.2) is 5.43 Å². The predicted molar refractivity (Wildman–Crippen MR) is 108 cm³/mol. The van der Waals surface area contributed by atoms with Crippen molar-refractivity contribution in [2.45, 2.75) is 6.92 Å². The number of hydrogen-bond donors (Lipinski definition) is 1. The standard InChI is InChI=1S/C21H19ClN2O3/c1-14(15-3-4-17-12-20(26-2)8-5-16(17)11-15)23-24-21(25)13-27-19-9-6-18(22)7-10-19/h3-12H,13H2,1-2H3,(H,24,25). The molecule has 0 aliphatic carbocycles. The average Bonchev–Trinajstić information content (AvgIpc) is 2.70. The topological polar surface area (TPSA) is 59.9 Å². The van der Waals surface area contributed by atoms with Crippen LogP contribution in [0.4, 0.5) is 0 Å². The molecule has 0 saturated carbocycles. The molecule has 0 fully saturated rings. The fraction of sp³-hybridized carbons (Fsp3) is 0.143. The third-order valence-corrected chi connectivity index (χ3v) is 4.25. The Morgan fingerprint density at radius 3 is 2.41 bits per heavy atom. The zero-order chi connectivity index (χ0) is 19.2. The Bertz CT molecular complexity index is 984. The van der Waals surface area contributed by atoms with Gasteiger partial charge in [-0.1, -0.05) is 29.8 Å². The van der Waals surface area contributed by atoms with E-state index in [9.17, 15) is 4.79 Å². The van der Waals surface area contributed by atoms with Gasteiger partial charge in [0, 0.05) is 5.02 Å². The van der Waals surface area contributed by atoms with E-state index in [2.05, 4.69) is 10.5 Å². The Labute approximate surface area is 162 Å². The van der Waals surface area contributed by atoms with E-state index in [0.29, 0.717) is 16.5 Å². The summed E-state index contributed by atoms with van der Waals surface area (Å²) in [5.41, 5.74) is 4.13. The molecule has 0 aliphatic heterocycles. The monoisotopic (exact) mass is 382 g/mol. The summed E-state index contributed by atoms with van der Waals surface area (Å²) < 4.78 is 10.6. The van der Waals surface area contributed by atoms with Crippen LogP contribution in [0.25, 0.3) is 10.8 Å². The van der Waals surface area contributed by atoms with Crippen LogP contribution >= 0.6 is 11.6 Å². The Balaban J connectivity index is 1.61. The second-order valence-corrected chi connectivity index (χ2v) is 6.34. The van der Waals surface area contributed by atoms with E-state index in [0.717, 1.165) is 22.1 Å². The van der Waals surface area contributed by atoms with Crippen LogP contribution in [0, 0.1) is 0 Å². The molecule has 0 aliphatic rings. The summed E-state index contributed by atoms with van der Waals surface area (Å²) in [6, 6.07) is 18.7. The summed E-state index contributed by atoms with van der Waals surface area (Å²) in [5.74, 6) is 1.05. The first-order chi connectivity index (χ1) is 13.0. The number of halogens is 1. The van der Waals surface area contributed by atoms with E-state index in [1.54, 1.807) is 31.4 Å². The minimum atomic E-state index is -0.338. The number of methoxy groups -OCH3 is 1. The molecule has 27 heavy (non-hydrogen) atoms. The number of nitrogens with zero attached hydrogens (tertiary/aromatic N) is 1. The third-order valence-electron chi connectivity index (χ3n) is 4.00. The quantitative estimate of drug-likeness (QED) is 0.507. The second-order valence-electron chi connectivity index (χ2n) is 5.90.